The largest absolute Gasteiger partial charge is 0.490 e. The van der Waals surface area contributed by atoms with Crippen molar-refractivity contribution in [2.45, 2.75) is 18.6 Å². The number of hydrogen-bond donors (Lipinski definition) is 1. The molecule has 3 heterocycles. The van der Waals surface area contributed by atoms with Crippen molar-refractivity contribution in [3.63, 3.8) is 0 Å². The predicted molar refractivity (Wildman–Crippen MR) is 90.3 cm³/mol. The lowest BCUT2D eigenvalue weighted by molar-refractivity contribution is -0.192. The highest BCUT2D eigenvalue weighted by Crippen LogP contribution is 2.36. The Kier molecular flexibility index (Phi) is 5.71. The van der Waals surface area contributed by atoms with Gasteiger partial charge >= 0.3 is 12.1 Å². The number of amides is 1. The molecule has 1 aromatic carbocycles. The smallest absolute Gasteiger partial charge is 0.475 e. The van der Waals surface area contributed by atoms with Gasteiger partial charge in [0.15, 0.2) is 0 Å². The molecule has 6 nitrogen and oxygen atoms in total. The topological polar surface area (TPSA) is 70.1 Å². The molecule has 148 valence electrons. The third-order valence-electron chi connectivity index (χ3n) is 5.20. The number of alkyl halides is 3. The molecule has 3 fully saturated rings. The molecule has 3 saturated heterocycles. The summed E-state index contributed by atoms with van der Waals surface area (Å²) >= 11 is 0. The van der Waals surface area contributed by atoms with Gasteiger partial charge in [0.05, 0.1) is 12.5 Å². The molecule has 27 heavy (non-hydrogen) atoms. The summed E-state index contributed by atoms with van der Waals surface area (Å²) in [6.07, 6.45) is -3.96. The van der Waals surface area contributed by atoms with Gasteiger partial charge in [-0.25, -0.2) is 4.79 Å². The van der Waals surface area contributed by atoms with Crippen LogP contribution < -0.4 is 4.90 Å². The maximum absolute atomic E-state index is 12.6. The first-order chi connectivity index (χ1) is 12.8. The second-order valence-corrected chi connectivity index (χ2v) is 6.93. The van der Waals surface area contributed by atoms with E-state index in [-0.39, 0.29) is 5.92 Å². The molecule has 1 aromatic rings. The molecule has 4 rings (SSSR count). The normalized spacial score (nSPS) is 28.0. The van der Waals surface area contributed by atoms with Crippen molar-refractivity contribution in [3.05, 3.63) is 30.3 Å². The molecule has 0 aliphatic carbocycles. The SMILES string of the molecule is O=C(O)C(F)(F)F.O=C1[C@H]2CN(C3CCOC3)C[C@H]2CN1c1ccccc1. The van der Waals surface area contributed by atoms with Gasteiger partial charge in [-0.15, -0.1) is 0 Å². The Morgan fingerprint density at radius 2 is 1.81 bits per heavy atom. The number of para-hydroxylation sites is 1. The van der Waals surface area contributed by atoms with Gasteiger partial charge in [0.2, 0.25) is 5.91 Å². The minimum Gasteiger partial charge on any atom is -0.475 e. The van der Waals surface area contributed by atoms with E-state index in [0.717, 1.165) is 45.0 Å². The van der Waals surface area contributed by atoms with Crippen LogP contribution >= 0.6 is 0 Å². The Labute approximate surface area is 154 Å². The number of carbonyl (C=O) groups excluding carboxylic acids is 1. The van der Waals surface area contributed by atoms with Crippen LogP contribution in [0.15, 0.2) is 30.3 Å². The molecule has 9 heteroatoms. The number of anilines is 1. The number of carboxylic acid groups (broad SMARTS) is 1. The van der Waals surface area contributed by atoms with E-state index in [1.54, 1.807) is 0 Å². The Hall–Kier alpha value is -2.13. The Morgan fingerprint density at radius 1 is 1.15 bits per heavy atom. The van der Waals surface area contributed by atoms with Crippen molar-refractivity contribution < 1.29 is 32.6 Å². The van der Waals surface area contributed by atoms with Gasteiger partial charge in [0.25, 0.3) is 0 Å². The highest BCUT2D eigenvalue weighted by molar-refractivity contribution is 5.98. The number of hydrogen-bond acceptors (Lipinski definition) is 4. The van der Waals surface area contributed by atoms with Crippen molar-refractivity contribution in [2.75, 3.05) is 37.7 Å². The average molecular weight is 386 g/mol. The summed E-state index contributed by atoms with van der Waals surface area (Å²) in [6, 6.07) is 10.6. The molecule has 0 bridgehead atoms. The molecule has 0 spiro atoms. The molecule has 3 aliphatic rings. The molecule has 0 saturated carbocycles. The summed E-state index contributed by atoms with van der Waals surface area (Å²) in [5, 5.41) is 7.12. The average Bonchev–Trinajstić information content (AvgIpc) is 3.33. The highest BCUT2D eigenvalue weighted by Gasteiger charge is 2.48. The van der Waals surface area contributed by atoms with Crippen LogP contribution in [-0.4, -0.2) is 66.9 Å². The zero-order chi connectivity index (χ0) is 19.6. The molecule has 3 atom stereocenters. The van der Waals surface area contributed by atoms with Gasteiger partial charge in [0.1, 0.15) is 0 Å². The molecule has 3 aliphatic heterocycles. The van der Waals surface area contributed by atoms with E-state index in [0.29, 0.717) is 17.9 Å². The number of aliphatic carboxylic acids is 1. The van der Waals surface area contributed by atoms with Gasteiger partial charge in [-0.2, -0.15) is 13.2 Å². The van der Waals surface area contributed by atoms with Crippen LogP contribution in [0.2, 0.25) is 0 Å². The maximum Gasteiger partial charge on any atom is 0.490 e. The van der Waals surface area contributed by atoms with E-state index in [1.165, 1.54) is 0 Å². The van der Waals surface area contributed by atoms with Crippen molar-refractivity contribution in [1.29, 1.82) is 0 Å². The van der Waals surface area contributed by atoms with Gasteiger partial charge in [-0.3, -0.25) is 9.69 Å². The van der Waals surface area contributed by atoms with Crippen LogP contribution in [-0.2, 0) is 14.3 Å². The fourth-order valence-electron chi connectivity index (χ4n) is 3.84. The zero-order valence-electron chi connectivity index (χ0n) is 14.6. The summed E-state index contributed by atoms with van der Waals surface area (Å²) in [4.78, 5) is 26.0. The molecular formula is C18H21F3N2O4. The van der Waals surface area contributed by atoms with Crippen LogP contribution in [0.4, 0.5) is 18.9 Å². The molecule has 0 radical (unpaired) electrons. The van der Waals surface area contributed by atoms with Crippen LogP contribution in [0.25, 0.3) is 0 Å². The number of halogens is 3. The Balaban J connectivity index is 0.000000260. The maximum atomic E-state index is 12.6. The summed E-state index contributed by atoms with van der Waals surface area (Å²) in [5.41, 5.74) is 1.04. The van der Waals surface area contributed by atoms with E-state index in [2.05, 4.69) is 4.90 Å². The minimum atomic E-state index is -5.08. The van der Waals surface area contributed by atoms with E-state index < -0.39 is 12.1 Å². The first-order valence-corrected chi connectivity index (χ1v) is 8.75. The summed E-state index contributed by atoms with van der Waals surface area (Å²) in [5.74, 6) is -1.77. The van der Waals surface area contributed by atoms with Gasteiger partial charge < -0.3 is 14.7 Å². The lowest BCUT2D eigenvalue weighted by atomic mass is 10.0. The zero-order valence-corrected chi connectivity index (χ0v) is 14.6. The number of carbonyl (C=O) groups is 2. The first-order valence-electron chi connectivity index (χ1n) is 8.75. The van der Waals surface area contributed by atoms with Crippen LogP contribution in [0, 0.1) is 11.8 Å². The van der Waals surface area contributed by atoms with E-state index in [9.17, 15) is 18.0 Å². The number of rotatable bonds is 2. The van der Waals surface area contributed by atoms with Gasteiger partial charge in [-0.05, 0) is 18.6 Å². The van der Waals surface area contributed by atoms with Crippen molar-refractivity contribution >= 4 is 17.6 Å². The lowest BCUT2D eigenvalue weighted by Crippen LogP contribution is -2.38. The standard InChI is InChI=1S/C16H20N2O2.C2HF3O2/c19-16-15-10-17(14-6-7-20-11-14)8-12(15)9-18(16)13-4-2-1-3-5-13;3-2(4,5)1(6)7/h1-5,12,14-15H,6-11H2;(H,6,7)/t12-,14?,15-;/m0./s1. The minimum absolute atomic E-state index is 0.191. The summed E-state index contributed by atoms with van der Waals surface area (Å²) in [7, 11) is 0. The lowest BCUT2D eigenvalue weighted by Gasteiger charge is -2.25. The van der Waals surface area contributed by atoms with Crippen LogP contribution in [0.3, 0.4) is 0 Å². The monoisotopic (exact) mass is 386 g/mol. The van der Waals surface area contributed by atoms with Crippen molar-refractivity contribution in [1.82, 2.24) is 4.90 Å². The second kappa shape index (κ2) is 7.85. The second-order valence-electron chi connectivity index (χ2n) is 6.93. The number of ether oxygens (including phenoxy) is 1. The third kappa shape index (κ3) is 4.41. The van der Waals surface area contributed by atoms with Crippen molar-refractivity contribution in [2.24, 2.45) is 11.8 Å². The van der Waals surface area contributed by atoms with E-state index >= 15 is 0 Å². The molecule has 1 N–H and O–H groups in total. The Morgan fingerprint density at radius 3 is 2.33 bits per heavy atom. The number of fused-ring (bicyclic) bond motifs is 1. The predicted octanol–water partition coefficient (Wildman–Crippen LogP) is 2.00. The number of benzene rings is 1. The Bertz CT molecular complexity index is 677. The van der Waals surface area contributed by atoms with Crippen LogP contribution in [0.1, 0.15) is 6.42 Å². The molecule has 1 unspecified atom stereocenters. The quantitative estimate of drug-likeness (QED) is 0.842. The third-order valence-corrected chi connectivity index (χ3v) is 5.20. The van der Waals surface area contributed by atoms with Gasteiger partial charge in [-0.1, -0.05) is 18.2 Å². The molecular weight excluding hydrogens is 365 g/mol. The number of likely N-dealkylation sites (tertiary alicyclic amines) is 1. The summed E-state index contributed by atoms with van der Waals surface area (Å²) < 4.78 is 37.2. The van der Waals surface area contributed by atoms with Crippen molar-refractivity contribution in [3.8, 4) is 0 Å². The fourth-order valence-corrected chi connectivity index (χ4v) is 3.84. The van der Waals surface area contributed by atoms with E-state index in [4.69, 9.17) is 14.6 Å². The number of carboxylic acids is 1. The first kappa shape index (κ1) is 19.6. The summed E-state index contributed by atoms with van der Waals surface area (Å²) in [6.45, 7) is 4.56. The highest BCUT2D eigenvalue weighted by atomic mass is 19.4. The van der Waals surface area contributed by atoms with Crippen LogP contribution in [0.5, 0.6) is 0 Å². The van der Waals surface area contributed by atoms with Gasteiger partial charge in [0, 0.05) is 43.9 Å². The molecule has 0 aromatic heterocycles. The number of nitrogens with zero attached hydrogens (tertiary/aromatic N) is 2. The fraction of sp³-hybridized carbons (Fsp3) is 0.556. The molecule has 1 amide bonds. The van der Waals surface area contributed by atoms with E-state index in [1.807, 2.05) is 35.2 Å².